The van der Waals surface area contributed by atoms with Gasteiger partial charge in [-0.3, -0.25) is 4.79 Å². The Kier molecular flexibility index (Phi) is 9.27. The highest BCUT2D eigenvalue weighted by Gasteiger charge is 2.39. The van der Waals surface area contributed by atoms with Crippen LogP contribution in [0.4, 0.5) is 0 Å². The topological polar surface area (TPSA) is 79.8 Å². The minimum atomic E-state index is -0.875. The predicted octanol–water partition coefficient (Wildman–Crippen LogP) is 2.04. The van der Waals surface area contributed by atoms with Crippen LogP contribution in [0.2, 0.25) is 10.0 Å². The molecule has 1 heterocycles. The molecule has 142 valence electrons. The van der Waals surface area contributed by atoms with E-state index >= 15 is 0 Å². The molecule has 1 fully saturated rings. The molecule has 0 radical (unpaired) electrons. The molecule has 0 aromatic heterocycles. The summed E-state index contributed by atoms with van der Waals surface area (Å²) in [4.78, 5) is 12.4. The van der Waals surface area contributed by atoms with E-state index in [0.29, 0.717) is 28.6 Å². The molecule has 0 spiro atoms. The first-order valence-corrected chi connectivity index (χ1v) is 8.53. The smallest absolute Gasteiger partial charge is 0.252 e. The number of hydrogen-bond donors (Lipinski definition) is 3. The molecule has 0 aliphatic carbocycles. The van der Waals surface area contributed by atoms with Crippen LogP contribution >= 0.6 is 35.6 Å². The number of ether oxygens (including phenoxy) is 2. The van der Waals surface area contributed by atoms with Gasteiger partial charge in [0.05, 0.1) is 5.02 Å². The summed E-state index contributed by atoms with van der Waals surface area (Å²) < 4.78 is 10.9. The first-order valence-electron chi connectivity index (χ1n) is 7.77. The maximum absolute atomic E-state index is 12.4. The number of aliphatic hydroxyl groups excluding tert-OH is 1. The van der Waals surface area contributed by atoms with E-state index in [1.165, 1.54) is 7.11 Å². The molecular weight excluding hydrogens is 391 g/mol. The maximum atomic E-state index is 12.4. The minimum absolute atomic E-state index is 0. The number of piperidine rings is 1. The quantitative estimate of drug-likeness (QED) is 0.637. The fourth-order valence-electron chi connectivity index (χ4n) is 2.57. The maximum Gasteiger partial charge on any atom is 0.252 e. The summed E-state index contributed by atoms with van der Waals surface area (Å²) in [7, 11) is 1.53. The van der Waals surface area contributed by atoms with Gasteiger partial charge in [-0.05, 0) is 38.1 Å². The summed E-state index contributed by atoms with van der Waals surface area (Å²) in [5.41, 5.74) is -0.831. The first-order chi connectivity index (χ1) is 11.5. The number of benzene rings is 1. The number of halogens is 3. The van der Waals surface area contributed by atoms with Crippen LogP contribution in [0.1, 0.15) is 12.8 Å². The van der Waals surface area contributed by atoms with Gasteiger partial charge in [-0.25, -0.2) is 0 Å². The lowest BCUT2D eigenvalue weighted by Crippen LogP contribution is -2.55. The number of methoxy groups -OCH3 is 1. The van der Waals surface area contributed by atoms with Crippen molar-refractivity contribution in [3.05, 3.63) is 28.2 Å². The average molecular weight is 414 g/mol. The highest BCUT2D eigenvalue weighted by Crippen LogP contribution is 2.31. The molecule has 25 heavy (non-hydrogen) atoms. The third-order valence-corrected chi connectivity index (χ3v) is 4.86. The van der Waals surface area contributed by atoms with Crippen molar-refractivity contribution in [1.29, 1.82) is 0 Å². The fourth-order valence-corrected chi connectivity index (χ4v) is 2.91. The summed E-state index contributed by atoms with van der Waals surface area (Å²) in [6, 6.07) is 5.02. The standard InChI is InChI=1S/C16H22Cl2N2O4.ClH/c1-23-16(5-7-19-8-6-16)15(22)20-9-11(21)10-24-13-4-2-3-12(17)14(13)18;/h2-4,11,19,21H,5-10H2,1H3,(H,20,22);1H. The number of hydrogen-bond acceptors (Lipinski definition) is 5. The third-order valence-electron chi connectivity index (χ3n) is 4.06. The van der Waals surface area contributed by atoms with Gasteiger partial charge in [-0.2, -0.15) is 0 Å². The molecule has 3 N–H and O–H groups in total. The molecule has 0 saturated carbocycles. The highest BCUT2D eigenvalue weighted by molar-refractivity contribution is 6.42. The molecule has 2 rings (SSSR count). The van der Waals surface area contributed by atoms with Gasteiger partial charge >= 0.3 is 0 Å². The Morgan fingerprint density at radius 1 is 1.40 bits per heavy atom. The van der Waals surface area contributed by atoms with Crippen molar-refractivity contribution in [3.63, 3.8) is 0 Å². The normalized spacial score (nSPS) is 17.3. The van der Waals surface area contributed by atoms with Crippen molar-refractivity contribution in [3.8, 4) is 5.75 Å². The van der Waals surface area contributed by atoms with Gasteiger partial charge < -0.3 is 25.2 Å². The van der Waals surface area contributed by atoms with Crippen LogP contribution in [0.15, 0.2) is 18.2 Å². The zero-order valence-corrected chi connectivity index (χ0v) is 16.2. The van der Waals surface area contributed by atoms with Crippen molar-refractivity contribution < 1.29 is 19.4 Å². The van der Waals surface area contributed by atoms with E-state index < -0.39 is 11.7 Å². The number of aliphatic hydroxyl groups is 1. The van der Waals surface area contributed by atoms with Crippen molar-refractivity contribution in [2.24, 2.45) is 0 Å². The highest BCUT2D eigenvalue weighted by atomic mass is 35.5. The lowest BCUT2D eigenvalue weighted by Gasteiger charge is -2.35. The Labute approximate surface area is 163 Å². The van der Waals surface area contributed by atoms with Crippen molar-refractivity contribution in [1.82, 2.24) is 10.6 Å². The average Bonchev–Trinajstić information content (AvgIpc) is 2.61. The number of nitrogens with one attached hydrogen (secondary N) is 2. The second-order valence-corrected chi connectivity index (χ2v) is 6.46. The van der Waals surface area contributed by atoms with Crippen LogP contribution in [0.3, 0.4) is 0 Å². The van der Waals surface area contributed by atoms with E-state index in [9.17, 15) is 9.90 Å². The Morgan fingerprint density at radius 2 is 2.08 bits per heavy atom. The Morgan fingerprint density at radius 3 is 2.72 bits per heavy atom. The first kappa shape index (κ1) is 22.3. The second kappa shape index (κ2) is 10.4. The van der Waals surface area contributed by atoms with Gasteiger partial charge in [-0.1, -0.05) is 29.3 Å². The molecule has 1 aliphatic rings. The van der Waals surface area contributed by atoms with E-state index in [0.717, 1.165) is 13.1 Å². The molecule has 6 nitrogen and oxygen atoms in total. The minimum Gasteiger partial charge on any atom is -0.489 e. The van der Waals surface area contributed by atoms with Crippen molar-refractivity contribution in [2.75, 3.05) is 33.4 Å². The van der Waals surface area contributed by atoms with E-state index in [1.54, 1.807) is 18.2 Å². The third kappa shape index (κ3) is 5.88. The lowest BCUT2D eigenvalue weighted by molar-refractivity contribution is -0.147. The number of rotatable bonds is 7. The molecular formula is C16H23Cl3N2O4. The largest absolute Gasteiger partial charge is 0.489 e. The van der Waals surface area contributed by atoms with Crippen LogP contribution in [-0.2, 0) is 9.53 Å². The number of carbonyl (C=O) groups excluding carboxylic acids is 1. The van der Waals surface area contributed by atoms with Crippen molar-refractivity contribution in [2.45, 2.75) is 24.5 Å². The van der Waals surface area contributed by atoms with Gasteiger partial charge in [0.15, 0.2) is 0 Å². The van der Waals surface area contributed by atoms with E-state index in [-0.39, 0.29) is 31.5 Å². The molecule has 1 aromatic rings. The molecule has 1 saturated heterocycles. The molecule has 1 aliphatic heterocycles. The van der Waals surface area contributed by atoms with E-state index in [4.69, 9.17) is 32.7 Å². The summed E-state index contributed by atoms with van der Waals surface area (Å²) in [5, 5.41) is 16.6. The Bertz CT molecular complexity index is 568. The van der Waals surface area contributed by atoms with Gasteiger partial charge in [0.25, 0.3) is 5.91 Å². The molecule has 0 bridgehead atoms. The van der Waals surface area contributed by atoms with E-state index in [1.807, 2.05) is 0 Å². The zero-order valence-electron chi connectivity index (χ0n) is 13.9. The van der Waals surface area contributed by atoms with Gasteiger partial charge in [-0.15, -0.1) is 12.4 Å². The molecule has 1 atom stereocenters. The lowest BCUT2D eigenvalue weighted by atomic mass is 9.91. The molecule has 9 heteroatoms. The SMILES string of the molecule is COC1(C(=O)NCC(O)COc2cccc(Cl)c2Cl)CCNCC1.Cl. The van der Waals surface area contributed by atoms with Crippen LogP contribution in [0, 0.1) is 0 Å². The zero-order chi connectivity index (χ0) is 17.6. The predicted molar refractivity (Wildman–Crippen MR) is 100 cm³/mol. The Balaban J connectivity index is 0.00000312. The second-order valence-electron chi connectivity index (χ2n) is 5.68. The summed E-state index contributed by atoms with van der Waals surface area (Å²) >= 11 is 11.9. The monoisotopic (exact) mass is 412 g/mol. The summed E-state index contributed by atoms with van der Waals surface area (Å²) in [6.07, 6.45) is 0.319. The van der Waals surface area contributed by atoms with E-state index in [2.05, 4.69) is 10.6 Å². The molecule has 1 amide bonds. The molecule has 1 unspecified atom stereocenters. The summed E-state index contributed by atoms with van der Waals surface area (Å²) in [5.74, 6) is 0.174. The van der Waals surface area contributed by atoms with Crippen LogP contribution in [-0.4, -0.2) is 56.1 Å². The Hall–Kier alpha value is -0.760. The fraction of sp³-hybridized carbons (Fsp3) is 0.562. The van der Waals surface area contributed by atoms with Crippen LogP contribution < -0.4 is 15.4 Å². The summed E-state index contributed by atoms with van der Waals surface area (Å²) in [6.45, 7) is 1.50. The van der Waals surface area contributed by atoms with Gasteiger partial charge in [0.2, 0.25) is 0 Å². The van der Waals surface area contributed by atoms with Gasteiger partial charge in [0, 0.05) is 13.7 Å². The number of carbonyl (C=O) groups is 1. The molecule has 1 aromatic carbocycles. The van der Waals surface area contributed by atoms with Crippen LogP contribution in [0.25, 0.3) is 0 Å². The number of amides is 1. The van der Waals surface area contributed by atoms with Crippen molar-refractivity contribution >= 4 is 41.5 Å². The van der Waals surface area contributed by atoms with Crippen LogP contribution in [0.5, 0.6) is 5.75 Å². The van der Waals surface area contributed by atoms with Gasteiger partial charge in [0.1, 0.15) is 29.1 Å².